The van der Waals surface area contributed by atoms with Crippen LogP contribution in [-0.2, 0) is 4.74 Å². The lowest BCUT2D eigenvalue weighted by molar-refractivity contribution is 0.0950. The first-order valence-electron chi connectivity index (χ1n) is 6.48. The number of fused-ring (bicyclic) bond motifs is 1. The van der Waals surface area contributed by atoms with Crippen LogP contribution in [0.1, 0.15) is 16.1 Å². The Bertz CT molecular complexity index is 650. The molecular formula is C14H15BrN2O2S. The highest BCUT2D eigenvalue weighted by atomic mass is 79.9. The van der Waals surface area contributed by atoms with E-state index < -0.39 is 0 Å². The molecular weight excluding hydrogens is 340 g/mol. The van der Waals surface area contributed by atoms with E-state index in [1.807, 2.05) is 18.2 Å². The third-order valence-corrected chi connectivity index (χ3v) is 5.13. The van der Waals surface area contributed by atoms with Gasteiger partial charge in [0.15, 0.2) is 0 Å². The highest BCUT2D eigenvalue weighted by Gasteiger charge is 2.20. The number of ether oxygens (including phenoxy) is 1. The number of thiophene rings is 1. The van der Waals surface area contributed by atoms with Gasteiger partial charge in [-0.25, -0.2) is 0 Å². The van der Waals surface area contributed by atoms with Gasteiger partial charge in [0.2, 0.25) is 0 Å². The van der Waals surface area contributed by atoms with Crippen LogP contribution in [-0.4, -0.2) is 25.7 Å². The summed E-state index contributed by atoms with van der Waals surface area (Å²) in [5, 5.41) is 3.89. The van der Waals surface area contributed by atoms with Crippen LogP contribution in [0.15, 0.2) is 22.7 Å². The van der Waals surface area contributed by atoms with E-state index in [0.29, 0.717) is 23.0 Å². The van der Waals surface area contributed by atoms with Crippen molar-refractivity contribution in [1.29, 1.82) is 0 Å². The van der Waals surface area contributed by atoms with E-state index in [2.05, 4.69) is 21.2 Å². The minimum Gasteiger partial charge on any atom is -0.397 e. The number of carbonyl (C=O) groups excluding carboxylic acids is 1. The molecule has 0 spiro atoms. The van der Waals surface area contributed by atoms with Crippen LogP contribution in [0.4, 0.5) is 5.69 Å². The number of hydrogen-bond acceptors (Lipinski definition) is 4. The van der Waals surface area contributed by atoms with Gasteiger partial charge in [-0.15, -0.1) is 11.3 Å². The van der Waals surface area contributed by atoms with Crippen molar-refractivity contribution in [2.45, 2.75) is 6.42 Å². The molecule has 1 saturated heterocycles. The molecule has 0 aliphatic carbocycles. The van der Waals surface area contributed by atoms with Crippen molar-refractivity contribution in [3.8, 4) is 0 Å². The molecule has 3 N–H and O–H groups in total. The number of nitrogens with one attached hydrogen (secondary N) is 1. The normalized spacial score (nSPS) is 18.6. The maximum absolute atomic E-state index is 12.2. The van der Waals surface area contributed by atoms with Gasteiger partial charge in [0, 0.05) is 33.6 Å². The number of anilines is 1. The van der Waals surface area contributed by atoms with Gasteiger partial charge in [-0.1, -0.05) is 22.0 Å². The Kier molecular flexibility index (Phi) is 3.96. The van der Waals surface area contributed by atoms with E-state index in [1.54, 1.807) is 0 Å². The summed E-state index contributed by atoms with van der Waals surface area (Å²) in [5.74, 6) is 0.329. The van der Waals surface area contributed by atoms with Crippen LogP contribution in [0.3, 0.4) is 0 Å². The molecule has 0 saturated carbocycles. The van der Waals surface area contributed by atoms with Crippen LogP contribution in [0.2, 0.25) is 0 Å². The lowest BCUT2D eigenvalue weighted by atomic mass is 10.1. The largest absolute Gasteiger partial charge is 0.397 e. The van der Waals surface area contributed by atoms with Gasteiger partial charge in [-0.2, -0.15) is 0 Å². The Hall–Kier alpha value is -1.11. The average Bonchev–Trinajstić information content (AvgIpc) is 3.04. The third-order valence-electron chi connectivity index (χ3n) is 3.47. The molecule has 1 fully saturated rings. The van der Waals surface area contributed by atoms with Gasteiger partial charge >= 0.3 is 0 Å². The topological polar surface area (TPSA) is 64.4 Å². The van der Waals surface area contributed by atoms with Gasteiger partial charge in [0.05, 0.1) is 12.3 Å². The number of nitrogens with two attached hydrogens (primary N) is 1. The molecule has 0 bridgehead atoms. The van der Waals surface area contributed by atoms with Crippen molar-refractivity contribution in [3.05, 3.63) is 27.5 Å². The highest BCUT2D eigenvalue weighted by Crippen LogP contribution is 2.35. The molecule has 1 aromatic heterocycles. The number of amides is 1. The first-order chi connectivity index (χ1) is 9.65. The van der Waals surface area contributed by atoms with E-state index in [-0.39, 0.29) is 5.91 Å². The summed E-state index contributed by atoms with van der Waals surface area (Å²) in [7, 11) is 0. The van der Waals surface area contributed by atoms with Gasteiger partial charge in [-0.3, -0.25) is 4.79 Å². The smallest absolute Gasteiger partial charge is 0.263 e. The van der Waals surface area contributed by atoms with Crippen LogP contribution in [0.5, 0.6) is 0 Å². The summed E-state index contributed by atoms with van der Waals surface area (Å²) >= 11 is 4.86. The van der Waals surface area contributed by atoms with Gasteiger partial charge in [0.1, 0.15) is 4.88 Å². The monoisotopic (exact) mass is 354 g/mol. The Labute approximate surface area is 129 Å². The maximum Gasteiger partial charge on any atom is 0.263 e. The Morgan fingerprint density at radius 3 is 3.15 bits per heavy atom. The van der Waals surface area contributed by atoms with E-state index in [0.717, 1.165) is 34.2 Å². The zero-order chi connectivity index (χ0) is 14.1. The lowest BCUT2D eigenvalue weighted by Gasteiger charge is -2.08. The molecule has 1 aromatic carbocycles. The zero-order valence-electron chi connectivity index (χ0n) is 10.8. The second kappa shape index (κ2) is 5.71. The van der Waals surface area contributed by atoms with Gasteiger partial charge in [0.25, 0.3) is 5.91 Å². The molecule has 2 aromatic rings. The summed E-state index contributed by atoms with van der Waals surface area (Å²) in [6, 6.07) is 5.85. The van der Waals surface area contributed by atoms with E-state index in [4.69, 9.17) is 10.5 Å². The number of nitrogen functional groups attached to an aromatic ring is 1. The number of benzene rings is 1. The van der Waals surface area contributed by atoms with Crippen LogP contribution >= 0.6 is 27.3 Å². The fourth-order valence-corrected chi connectivity index (χ4v) is 3.91. The molecule has 1 aliphatic heterocycles. The first kappa shape index (κ1) is 13.9. The van der Waals surface area contributed by atoms with Gasteiger partial charge in [-0.05, 0) is 18.6 Å². The highest BCUT2D eigenvalue weighted by molar-refractivity contribution is 9.10. The van der Waals surface area contributed by atoms with Crippen molar-refractivity contribution in [3.63, 3.8) is 0 Å². The predicted octanol–water partition coefficient (Wildman–Crippen LogP) is 3.01. The van der Waals surface area contributed by atoms with Crippen LogP contribution in [0.25, 0.3) is 10.1 Å². The fourth-order valence-electron chi connectivity index (χ4n) is 2.32. The summed E-state index contributed by atoms with van der Waals surface area (Å²) in [4.78, 5) is 12.8. The lowest BCUT2D eigenvalue weighted by Crippen LogP contribution is -2.29. The molecule has 106 valence electrons. The molecule has 2 heterocycles. The number of rotatable bonds is 3. The molecule has 1 amide bonds. The van der Waals surface area contributed by atoms with Crippen LogP contribution in [0, 0.1) is 5.92 Å². The minimum atomic E-state index is -0.0910. The van der Waals surface area contributed by atoms with Gasteiger partial charge < -0.3 is 15.8 Å². The Morgan fingerprint density at radius 1 is 1.55 bits per heavy atom. The summed E-state index contributed by atoms with van der Waals surface area (Å²) in [5.41, 5.74) is 6.65. The number of carbonyl (C=O) groups is 1. The SMILES string of the molecule is Nc1c(C(=O)NCC2CCOC2)sc2cc(Br)ccc12. The maximum atomic E-state index is 12.2. The van der Waals surface area contributed by atoms with E-state index >= 15 is 0 Å². The summed E-state index contributed by atoms with van der Waals surface area (Å²) < 4.78 is 7.31. The first-order valence-corrected chi connectivity index (χ1v) is 8.09. The second-order valence-corrected chi connectivity index (χ2v) is 6.89. The van der Waals surface area contributed by atoms with Crippen molar-refractivity contribution >= 4 is 48.9 Å². The zero-order valence-corrected chi connectivity index (χ0v) is 13.2. The molecule has 4 nitrogen and oxygen atoms in total. The van der Waals surface area contributed by atoms with Crippen molar-refractivity contribution in [1.82, 2.24) is 5.32 Å². The second-order valence-electron chi connectivity index (χ2n) is 4.92. The number of hydrogen-bond donors (Lipinski definition) is 2. The molecule has 0 radical (unpaired) electrons. The predicted molar refractivity (Wildman–Crippen MR) is 85.2 cm³/mol. The van der Waals surface area contributed by atoms with E-state index in [9.17, 15) is 4.79 Å². The van der Waals surface area contributed by atoms with Crippen molar-refractivity contribution < 1.29 is 9.53 Å². The van der Waals surface area contributed by atoms with Crippen molar-refractivity contribution in [2.24, 2.45) is 5.92 Å². The molecule has 1 unspecified atom stereocenters. The number of halogens is 1. The Balaban J connectivity index is 1.78. The summed E-state index contributed by atoms with van der Waals surface area (Å²) in [6.07, 6.45) is 1.01. The average molecular weight is 355 g/mol. The molecule has 1 aliphatic rings. The molecule has 20 heavy (non-hydrogen) atoms. The Morgan fingerprint density at radius 2 is 2.40 bits per heavy atom. The quantitative estimate of drug-likeness (QED) is 0.890. The standard InChI is InChI=1S/C14H15BrN2O2S/c15-9-1-2-10-11(5-9)20-13(12(10)16)14(18)17-6-8-3-4-19-7-8/h1-2,5,8H,3-4,6-7,16H2,(H,17,18). The molecule has 6 heteroatoms. The minimum absolute atomic E-state index is 0.0910. The molecule has 1 atom stereocenters. The third kappa shape index (κ3) is 2.68. The van der Waals surface area contributed by atoms with Crippen molar-refractivity contribution in [2.75, 3.05) is 25.5 Å². The summed E-state index contributed by atoms with van der Waals surface area (Å²) in [6.45, 7) is 2.17. The molecule has 3 rings (SSSR count). The van der Waals surface area contributed by atoms with E-state index in [1.165, 1.54) is 11.3 Å². The fraction of sp³-hybridized carbons (Fsp3) is 0.357. The van der Waals surface area contributed by atoms with Crippen LogP contribution < -0.4 is 11.1 Å².